The predicted molar refractivity (Wildman–Crippen MR) is 303 cm³/mol. The van der Waals surface area contributed by atoms with E-state index in [4.69, 9.17) is 23.7 Å². The average Bonchev–Trinajstić information content (AvgIpc) is 3.39. The molecule has 0 aromatic rings. The van der Waals surface area contributed by atoms with Crippen molar-refractivity contribution in [1.82, 2.24) is 0 Å². The second-order valence-electron chi connectivity index (χ2n) is 19.9. The highest BCUT2D eigenvalue weighted by atomic mass is 16.7. The third-order valence-corrected chi connectivity index (χ3v) is 13.0. The topological polar surface area (TPSA) is 175 Å². The van der Waals surface area contributed by atoms with Gasteiger partial charge >= 0.3 is 23.9 Å². The van der Waals surface area contributed by atoms with Crippen LogP contribution in [0.2, 0.25) is 0 Å². The molecule has 0 amide bonds. The van der Waals surface area contributed by atoms with E-state index in [-0.39, 0.29) is 25.9 Å². The van der Waals surface area contributed by atoms with E-state index < -0.39 is 67.3 Å². The molecule has 0 aromatic heterocycles. The van der Waals surface area contributed by atoms with Gasteiger partial charge in [0.1, 0.15) is 18.8 Å². The second-order valence-corrected chi connectivity index (χ2v) is 19.9. The van der Waals surface area contributed by atoms with E-state index in [2.05, 4.69) is 93.7 Å². The van der Waals surface area contributed by atoms with Crippen molar-refractivity contribution in [3.8, 4) is 0 Å². The highest BCUT2D eigenvalue weighted by molar-refractivity contribution is 5.74. The Morgan fingerprint density at radius 2 is 0.880 bits per heavy atom. The van der Waals surface area contributed by atoms with Crippen LogP contribution in [0.15, 0.2) is 85.1 Å². The Hall–Kier alpha value is -4.10. The summed E-state index contributed by atoms with van der Waals surface area (Å²) in [5, 5.41) is 31.5. The number of esters is 3. The summed E-state index contributed by atoms with van der Waals surface area (Å²) in [6.07, 6.45) is 52.9. The molecule has 1 aliphatic heterocycles. The van der Waals surface area contributed by atoms with Crippen molar-refractivity contribution >= 4 is 23.9 Å². The molecule has 1 rings (SSSR count). The summed E-state index contributed by atoms with van der Waals surface area (Å²) in [5.74, 6) is -3.24. The number of carbonyl (C=O) groups is 4. The van der Waals surface area contributed by atoms with Crippen LogP contribution >= 0.6 is 0 Å². The lowest BCUT2D eigenvalue weighted by atomic mass is 9.98. The largest absolute Gasteiger partial charge is 0.479 e. The standard InChI is InChI=1S/C63H104O12/c1-4-7-10-13-16-19-22-24-26-27-28-29-31-32-35-37-40-43-46-49-55(64)71-52-54(73-56(65)50-47-44-41-38-34-21-18-15-12-9-6-3)53-72-63-61(59(68)58(67)60(75-63)62(69)70)74-57(66)51-48-45-42-39-36-33-30-25-23-20-17-14-11-8-5-2/h7,10,15-16,18-19,24,26,28-29,32,35,40,43,54,58-61,63,67-68H,4-6,8-9,11-14,17,20-23,25,27,30-31,33-34,36-39,41-42,44-53H2,1-3H3,(H,69,70)/b10-7-,18-15-,19-16-,26-24-,29-28-,35-32-,43-40-. The molecule has 0 bridgehead atoms. The Balaban J connectivity index is 2.72. The first-order valence-electron chi connectivity index (χ1n) is 29.6. The van der Waals surface area contributed by atoms with Gasteiger partial charge in [-0.15, -0.1) is 0 Å². The second kappa shape index (κ2) is 50.7. The number of aliphatic hydroxyl groups is 2. The van der Waals surface area contributed by atoms with Crippen LogP contribution < -0.4 is 0 Å². The Morgan fingerprint density at radius 1 is 0.453 bits per heavy atom. The van der Waals surface area contributed by atoms with Gasteiger partial charge in [0.25, 0.3) is 0 Å². The van der Waals surface area contributed by atoms with Crippen LogP contribution in [0.3, 0.4) is 0 Å². The molecule has 6 atom stereocenters. The summed E-state index contributed by atoms with van der Waals surface area (Å²) < 4.78 is 28.3. The first kappa shape index (κ1) is 68.9. The van der Waals surface area contributed by atoms with Crippen LogP contribution in [-0.4, -0.2) is 89.2 Å². The molecule has 428 valence electrons. The molecular weight excluding hydrogens is 949 g/mol. The molecule has 0 spiro atoms. The molecule has 0 saturated carbocycles. The van der Waals surface area contributed by atoms with Crippen LogP contribution in [0.1, 0.15) is 239 Å². The quantitative estimate of drug-likeness (QED) is 0.0228. The zero-order valence-electron chi connectivity index (χ0n) is 47.0. The van der Waals surface area contributed by atoms with E-state index in [1.807, 2.05) is 12.2 Å². The van der Waals surface area contributed by atoms with E-state index in [1.54, 1.807) is 0 Å². The van der Waals surface area contributed by atoms with Crippen molar-refractivity contribution < 1.29 is 58.2 Å². The first-order valence-corrected chi connectivity index (χ1v) is 29.6. The van der Waals surface area contributed by atoms with Crippen LogP contribution in [-0.2, 0) is 42.9 Å². The van der Waals surface area contributed by atoms with E-state index in [9.17, 15) is 34.5 Å². The molecule has 1 fully saturated rings. The SMILES string of the molecule is CC/C=C\C/C=C\C/C=C\C/C=C\C/C=C\C/C=C\CCC(=O)OCC(COC1OC(C(=O)O)C(O)C(O)C1OC(=O)CCCCCCCCCCCCCCCCC)OC(=O)CCCCCCC/C=C\CCCC. The number of rotatable bonds is 49. The van der Waals surface area contributed by atoms with E-state index in [1.165, 1.54) is 77.0 Å². The number of hydrogen-bond acceptors (Lipinski definition) is 11. The van der Waals surface area contributed by atoms with Crippen LogP contribution in [0.25, 0.3) is 0 Å². The monoisotopic (exact) mass is 1050 g/mol. The van der Waals surface area contributed by atoms with Crippen LogP contribution in [0.4, 0.5) is 0 Å². The lowest BCUT2D eigenvalue weighted by Crippen LogP contribution is -2.61. The minimum absolute atomic E-state index is 0.0531. The Kier molecular flexibility index (Phi) is 46.6. The number of aliphatic hydroxyl groups excluding tert-OH is 2. The third kappa shape index (κ3) is 40.8. The Labute approximate surface area is 454 Å². The van der Waals surface area contributed by atoms with Gasteiger partial charge < -0.3 is 39.0 Å². The molecule has 6 unspecified atom stereocenters. The van der Waals surface area contributed by atoms with Gasteiger partial charge in [0.05, 0.1) is 6.61 Å². The van der Waals surface area contributed by atoms with Gasteiger partial charge in [-0.3, -0.25) is 14.4 Å². The minimum Gasteiger partial charge on any atom is -0.479 e. The first-order chi connectivity index (χ1) is 36.6. The van der Waals surface area contributed by atoms with Crippen LogP contribution in [0, 0.1) is 0 Å². The van der Waals surface area contributed by atoms with E-state index in [0.717, 1.165) is 103 Å². The van der Waals surface area contributed by atoms with Crippen molar-refractivity contribution in [3.63, 3.8) is 0 Å². The highest BCUT2D eigenvalue weighted by Crippen LogP contribution is 2.26. The zero-order chi connectivity index (χ0) is 54.7. The fraction of sp³-hybridized carbons (Fsp3) is 0.714. The molecular formula is C63H104O12. The summed E-state index contributed by atoms with van der Waals surface area (Å²) in [7, 11) is 0. The van der Waals surface area contributed by atoms with Gasteiger partial charge in [0, 0.05) is 19.3 Å². The maximum absolute atomic E-state index is 13.1. The number of aliphatic carboxylic acids is 1. The van der Waals surface area contributed by atoms with Gasteiger partial charge in [-0.1, -0.05) is 228 Å². The molecule has 1 heterocycles. The Bertz CT molecular complexity index is 1630. The van der Waals surface area contributed by atoms with Crippen molar-refractivity contribution in [2.75, 3.05) is 13.2 Å². The predicted octanol–water partition coefficient (Wildman–Crippen LogP) is 15.1. The molecule has 3 N–H and O–H groups in total. The maximum Gasteiger partial charge on any atom is 0.335 e. The molecule has 75 heavy (non-hydrogen) atoms. The molecule has 0 radical (unpaired) electrons. The summed E-state index contributed by atoms with van der Waals surface area (Å²) in [6.45, 7) is 5.76. The number of carboxylic acids is 1. The van der Waals surface area contributed by atoms with Crippen molar-refractivity contribution in [2.45, 2.75) is 276 Å². The highest BCUT2D eigenvalue weighted by Gasteiger charge is 2.50. The van der Waals surface area contributed by atoms with Crippen molar-refractivity contribution in [2.24, 2.45) is 0 Å². The lowest BCUT2D eigenvalue weighted by molar-refractivity contribution is -0.301. The van der Waals surface area contributed by atoms with E-state index in [0.29, 0.717) is 19.3 Å². The molecule has 0 aromatic carbocycles. The number of carbonyl (C=O) groups excluding carboxylic acids is 3. The van der Waals surface area contributed by atoms with Crippen LogP contribution in [0.5, 0.6) is 0 Å². The average molecular weight is 1050 g/mol. The van der Waals surface area contributed by atoms with Crippen molar-refractivity contribution in [3.05, 3.63) is 85.1 Å². The van der Waals surface area contributed by atoms with Gasteiger partial charge in [-0.05, 0) is 77.0 Å². The maximum atomic E-state index is 13.1. The molecule has 12 heteroatoms. The number of carboxylic acid groups (broad SMARTS) is 1. The van der Waals surface area contributed by atoms with Gasteiger partial charge in [-0.2, -0.15) is 0 Å². The molecule has 0 aliphatic carbocycles. The smallest absolute Gasteiger partial charge is 0.335 e. The Morgan fingerprint density at radius 3 is 1.37 bits per heavy atom. The summed E-state index contributed by atoms with van der Waals surface area (Å²) in [5.41, 5.74) is 0. The fourth-order valence-electron chi connectivity index (χ4n) is 8.43. The van der Waals surface area contributed by atoms with E-state index >= 15 is 0 Å². The van der Waals surface area contributed by atoms with Gasteiger partial charge in [0.2, 0.25) is 0 Å². The van der Waals surface area contributed by atoms with Gasteiger partial charge in [0.15, 0.2) is 24.6 Å². The fourth-order valence-corrected chi connectivity index (χ4v) is 8.43. The lowest BCUT2D eigenvalue weighted by Gasteiger charge is -2.40. The summed E-state index contributed by atoms with van der Waals surface area (Å²) in [6, 6.07) is 0. The molecule has 12 nitrogen and oxygen atoms in total. The minimum atomic E-state index is -1.91. The number of hydrogen-bond donors (Lipinski definition) is 3. The zero-order valence-corrected chi connectivity index (χ0v) is 47.0. The number of allylic oxidation sites excluding steroid dienone is 14. The van der Waals surface area contributed by atoms with Crippen molar-refractivity contribution in [1.29, 1.82) is 0 Å². The normalized spacial score (nSPS) is 18.8. The van der Waals surface area contributed by atoms with Gasteiger partial charge in [-0.25, -0.2) is 4.79 Å². The molecule has 1 aliphatic rings. The summed E-state index contributed by atoms with van der Waals surface area (Å²) in [4.78, 5) is 51.0. The third-order valence-electron chi connectivity index (χ3n) is 13.0. The number of ether oxygens (including phenoxy) is 5. The summed E-state index contributed by atoms with van der Waals surface area (Å²) >= 11 is 0. The number of unbranched alkanes of at least 4 members (excludes halogenated alkanes) is 21. The molecule has 1 saturated heterocycles.